The van der Waals surface area contributed by atoms with Gasteiger partial charge < -0.3 is 10.8 Å². The van der Waals surface area contributed by atoms with Crippen molar-refractivity contribution in [2.75, 3.05) is 0 Å². The summed E-state index contributed by atoms with van der Waals surface area (Å²) < 4.78 is 0. The standard InChI is InChI=1S/C11H13NO/c1-11(12)7-6-8-4-2-3-5-9(8)10(11)13/h2-7,10,13H,12H2,1H3. The molecule has 1 aliphatic carbocycles. The van der Waals surface area contributed by atoms with Crippen LogP contribution >= 0.6 is 0 Å². The Morgan fingerprint density at radius 1 is 1.38 bits per heavy atom. The molecule has 2 unspecified atom stereocenters. The van der Waals surface area contributed by atoms with Gasteiger partial charge in [0.25, 0.3) is 0 Å². The fourth-order valence-electron chi connectivity index (χ4n) is 1.61. The van der Waals surface area contributed by atoms with Gasteiger partial charge in [0.05, 0.1) is 5.54 Å². The minimum Gasteiger partial charge on any atom is -0.386 e. The van der Waals surface area contributed by atoms with E-state index in [1.165, 1.54) is 0 Å². The Labute approximate surface area is 77.7 Å². The van der Waals surface area contributed by atoms with Crippen LogP contribution in [-0.2, 0) is 0 Å². The molecule has 68 valence electrons. The summed E-state index contributed by atoms with van der Waals surface area (Å²) >= 11 is 0. The van der Waals surface area contributed by atoms with Crippen LogP contribution in [0.5, 0.6) is 0 Å². The highest BCUT2D eigenvalue weighted by atomic mass is 16.3. The molecular formula is C11H13NO. The van der Waals surface area contributed by atoms with E-state index in [0.29, 0.717) is 0 Å². The summed E-state index contributed by atoms with van der Waals surface area (Å²) in [6, 6.07) is 7.76. The molecule has 2 atom stereocenters. The van der Waals surface area contributed by atoms with E-state index >= 15 is 0 Å². The summed E-state index contributed by atoms with van der Waals surface area (Å²) in [6.45, 7) is 1.82. The van der Waals surface area contributed by atoms with Crippen molar-refractivity contribution in [1.82, 2.24) is 0 Å². The molecule has 2 heteroatoms. The number of rotatable bonds is 0. The lowest BCUT2D eigenvalue weighted by Crippen LogP contribution is -2.42. The van der Waals surface area contributed by atoms with Gasteiger partial charge in [-0.15, -0.1) is 0 Å². The minimum atomic E-state index is -0.644. The predicted molar refractivity (Wildman–Crippen MR) is 53.0 cm³/mol. The van der Waals surface area contributed by atoms with E-state index in [1.54, 1.807) is 0 Å². The van der Waals surface area contributed by atoms with E-state index in [9.17, 15) is 5.11 Å². The third-order valence-electron chi connectivity index (χ3n) is 2.50. The van der Waals surface area contributed by atoms with E-state index in [4.69, 9.17) is 5.73 Å². The fraction of sp³-hybridized carbons (Fsp3) is 0.273. The average molecular weight is 175 g/mol. The first kappa shape index (κ1) is 8.48. The minimum absolute atomic E-state index is 0.603. The number of hydrogen-bond acceptors (Lipinski definition) is 2. The van der Waals surface area contributed by atoms with Gasteiger partial charge in [-0.3, -0.25) is 0 Å². The number of nitrogens with two attached hydrogens (primary N) is 1. The van der Waals surface area contributed by atoms with Crippen LogP contribution in [0, 0.1) is 0 Å². The second-order valence-corrected chi connectivity index (χ2v) is 3.73. The molecule has 0 spiro atoms. The molecular weight excluding hydrogens is 162 g/mol. The second-order valence-electron chi connectivity index (χ2n) is 3.73. The third-order valence-corrected chi connectivity index (χ3v) is 2.50. The van der Waals surface area contributed by atoms with Gasteiger partial charge in [0.2, 0.25) is 0 Å². The molecule has 0 radical (unpaired) electrons. The van der Waals surface area contributed by atoms with Crippen molar-refractivity contribution in [3.8, 4) is 0 Å². The Bertz CT molecular complexity index is 355. The number of benzene rings is 1. The van der Waals surface area contributed by atoms with Crippen LogP contribution in [0.25, 0.3) is 6.08 Å². The molecule has 1 aromatic carbocycles. The Hall–Kier alpha value is -1.12. The molecule has 2 rings (SSSR count). The molecule has 0 aliphatic heterocycles. The molecule has 2 nitrogen and oxygen atoms in total. The molecule has 0 fully saturated rings. The van der Waals surface area contributed by atoms with Crippen molar-refractivity contribution in [3.05, 3.63) is 41.5 Å². The molecule has 1 aromatic rings. The van der Waals surface area contributed by atoms with Crippen molar-refractivity contribution in [2.24, 2.45) is 5.73 Å². The summed E-state index contributed by atoms with van der Waals surface area (Å²) in [5.41, 5.74) is 7.22. The van der Waals surface area contributed by atoms with Crippen LogP contribution in [-0.4, -0.2) is 10.6 Å². The first-order valence-corrected chi connectivity index (χ1v) is 4.36. The topological polar surface area (TPSA) is 46.2 Å². The molecule has 0 saturated heterocycles. The molecule has 0 bridgehead atoms. The SMILES string of the molecule is CC1(N)C=Cc2ccccc2C1O. The Balaban J connectivity index is 2.55. The summed E-state index contributed by atoms with van der Waals surface area (Å²) in [5.74, 6) is 0. The van der Waals surface area contributed by atoms with Crippen molar-refractivity contribution < 1.29 is 5.11 Å². The van der Waals surface area contributed by atoms with Gasteiger partial charge in [-0.25, -0.2) is 0 Å². The van der Waals surface area contributed by atoms with Gasteiger partial charge in [0.1, 0.15) is 6.10 Å². The summed E-state index contributed by atoms with van der Waals surface area (Å²) in [4.78, 5) is 0. The van der Waals surface area contributed by atoms with Crippen molar-refractivity contribution in [1.29, 1.82) is 0 Å². The number of aliphatic hydroxyl groups is 1. The molecule has 0 aromatic heterocycles. The lowest BCUT2D eigenvalue weighted by Gasteiger charge is -2.31. The Morgan fingerprint density at radius 3 is 2.85 bits per heavy atom. The molecule has 3 N–H and O–H groups in total. The first-order valence-electron chi connectivity index (χ1n) is 4.36. The average Bonchev–Trinajstić information content (AvgIpc) is 2.13. The number of hydrogen-bond donors (Lipinski definition) is 2. The Morgan fingerprint density at radius 2 is 2.08 bits per heavy atom. The normalized spacial score (nSPS) is 31.5. The number of fused-ring (bicyclic) bond motifs is 1. The molecule has 1 aliphatic rings. The number of aliphatic hydroxyl groups excluding tert-OH is 1. The molecule has 13 heavy (non-hydrogen) atoms. The summed E-state index contributed by atoms with van der Waals surface area (Å²) in [7, 11) is 0. The largest absolute Gasteiger partial charge is 0.386 e. The zero-order valence-corrected chi connectivity index (χ0v) is 7.57. The molecule has 0 saturated carbocycles. The van der Waals surface area contributed by atoms with E-state index < -0.39 is 11.6 Å². The predicted octanol–water partition coefficient (Wildman–Crippen LogP) is 1.46. The maximum atomic E-state index is 9.91. The van der Waals surface area contributed by atoms with Gasteiger partial charge in [0, 0.05) is 0 Å². The van der Waals surface area contributed by atoms with Crippen LogP contribution in [0.2, 0.25) is 0 Å². The van der Waals surface area contributed by atoms with Crippen LogP contribution in [0.15, 0.2) is 30.3 Å². The monoisotopic (exact) mass is 175 g/mol. The van der Waals surface area contributed by atoms with E-state index in [2.05, 4.69) is 0 Å². The highest BCUT2D eigenvalue weighted by molar-refractivity contribution is 5.59. The van der Waals surface area contributed by atoms with Crippen LogP contribution < -0.4 is 5.73 Å². The van der Waals surface area contributed by atoms with Crippen LogP contribution in [0.1, 0.15) is 24.2 Å². The molecule has 0 amide bonds. The third kappa shape index (κ3) is 1.28. The smallest absolute Gasteiger partial charge is 0.101 e. The highest BCUT2D eigenvalue weighted by Crippen LogP contribution is 2.32. The zero-order chi connectivity index (χ0) is 9.47. The molecule has 0 heterocycles. The lowest BCUT2D eigenvalue weighted by atomic mass is 9.83. The van der Waals surface area contributed by atoms with Gasteiger partial charge in [-0.2, -0.15) is 0 Å². The quantitative estimate of drug-likeness (QED) is 0.627. The van der Waals surface area contributed by atoms with Crippen molar-refractivity contribution in [3.63, 3.8) is 0 Å². The van der Waals surface area contributed by atoms with E-state index in [1.807, 2.05) is 43.3 Å². The van der Waals surface area contributed by atoms with Gasteiger partial charge in [0.15, 0.2) is 0 Å². The van der Waals surface area contributed by atoms with Gasteiger partial charge >= 0.3 is 0 Å². The first-order chi connectivity index (χ1) is 6.11. The van der Waals surface area contributed by atoms with E-state index in [-0.39, 0.29) is 0 Å². The Kier molecular flexibility index (Phi) is 1.75. The van der Waals surface area contributed by atoms with Gasteiger partial charge in [-0.1, -0.05) is 36.4 Å². The summed E-state index contributed by atoms with van der Waals surface area (Å²) in [6.07, 6.45) is 3.20. The second kappa shape index (κ2) is 2.69. The summed E-state index contributed by atoms with van der Waals surface area (Å²) in [5, 5.41) is 9.91. The van der Waals surface area contributed by atoms with Crippen molar-refractivity contribution in [2.45, 2.75) is 18.6 Å². The van der Waals surface area contributed by atoms with Gasteiger partial charge in [-0.05, 0) is 18.1 Å². The van der Waals surface area contributed by atoms with E-state index in [0.717, 1.165) is 11.1 Å². The maximum absolute atomic E-state index is 9.91. The lowest BCUT2D eigenvalue weighted by molar-refractivity contribution is 0.118. The fourth-order valence-corrected chi connectivity index (χ4v) is 1.61. The zero-order valence-electron chi connectivity index (χ0n) is 7.57. The van der Waals surface area contributed by atoms with Crippen molar-refractivity contribution >= 4 is 6.08 Å². The van der Waals surface area contributed by atoms with Crippen LogP contribution in [0.4, 0.5) is 0 Å². The maximum Gasteiger partial charge on any atom is 0.101 e. The van der Waals surface area contributed by atoms with Crippen LogP contribution in [0.3, 0.4) is 0 Å². The highest BCUT2D eigenvalue weighted by Gasteiger charge is 2.30.